The fraction of sp³-hybridized carbons (Fsp3) is 0.667. The van der Waals surface area contributed by atoms with E-state index in [1.54, 1.807) is 17.9 Å². The summed E-state index contributed by atoms with van der Waals surface area (Å²) in [5, 5.41) is 0. The van der Waals surface area contributed by atoms with Crippen LogP contribution >= 0.6 is 0 Å². The van der Waals surface area contributed by atoms with Crippen molar-refractivity contribution in [1.82, 2.24) is 4.90 Å². The van der Waals surface area contributed by atoms with Gasteiger partial charge in [0.25, 0.3) is 0 Å². The molecular weight excluding hydrogens is 334 g/mol. The fourth-order valence-corrected chi connectivity index (χ4v) is 3.29. The van der Waals surface area contributed by atoms with Crippen molar-refractivity contribution < 1.29 is 9.59 Å². The van der Waals surface area contributed by atoms with Crippen LogP contribution in [0.1, 0.15) is 86.5 Å². The average molecular weight is 376 g/mol. The van der Waals surface area contributed by atoms with Gasteiger partial charge in [0, 0.05) is 11.6 Å². The van der Waals surface area contributed by atoms with Crippen LogP contribution in [0.3, 0.4) is 0 Å². The molecule has 0 aliphatic carbocycles. The smallest absolute Gasteiger partial charge is 0.230 e. The topological polar surface area (TPSA) is 37.4 Å². The van der Waals surface area contributed by atoms with Crippen LogP contribution in [0.2, 0.25) is 0 Å². The highest BCUT2D eigenvalue weighted by Gasteiger charge is 2.28. The van der Waals surface area contributed by atoms with Gasteiger partial charge in [-0.15, -0.1) is 0 Å². The normalized spacial score (nSPS) is 14.6. The molecule has 3 nitrogen and oxygen atoms in total. The van der Waals surface area contributed by atoms with Crippen LogP contribution in [0.15, 0.2) is 36.1 Å². The number of hydrogen-bond acceptors (Lipinski definition) is 2. The van der Waals surface area contributed by atoms with Crippen LogP contribution < -0.4 is 0 Å². The molecule has 0 aliphatic heterocycles. The largest absolute Gasteiger partial charge is 0.305 e. The van der Waals surface area contributed by atoms with Crippen molar-refractivity contribution in [3.05, 3.63) is 36.1 Å². The maximum atomic E-state index is 13.5. The molecule has 154 valence electrons. The summed E-state index contributed by atoms with van der Waals surface area (Å²) >= 11 is 0. The Morgan fingerprint density at radius 3 is 2.26 bits per heavy atom. The molecule has 0 N–H and O–H groups in total. The maximum absolute atomic E-state index is 13.5. The van der Waals surface area contributed by atoms with Gasteiger partial charge in [0.15, 0.2) is 0 Å². The lowest BCUT2D eigenvalue weighted by molar-refractivity contribution is -0.137. The quantitative estimate of drug-likeness (QED) is 0.327. The molecule has 0 aromatic carbocycles. The van der Waals surface area contributed by atoms with E-state index in [1.807, 2.05) is 12.2 Å². The first kappa shape index (κ1) is 25.4. The van der Waals surface area contributed by atoms with Gasteiger partial charge in [-0.25, -0.2) is 0 Å². The second-order valence-electron chi connectivity index (χ2n) is 7.73. The van der Waals surface area contributed by atoms with E-state index in [0.29, 0.717) is 5.92 Å². The molecule has 1 unspecified atom stereocenters. The van der Waals surface area contributed by atoms with Gasteiger partial charge >= 0.3 is 0 Å². The van der Waals surface area contributed by atoms with Gasteiger partial charge in [-0.1, -0.05) is 72.1 Å². The standard InChI is InChI=1S/C24H41NO2/c1-8-12-15-22(17-19(5)11-4)24(27)25(18-21(7)26)23(16-13-9-2)20(6)14-10-3/h9,13,16,19,22H,2,8,10-12,14-15,17-18H2,1,3-7H3/b16-13-,23-20+/t19?,22-/m0/s1. The number of ketones is 1. The molecule has 0 radical (unpaired) electrons. The summed E-state index contributed by atoms with van der Waals surface area (Å²) in [5.74, 6) is 0.580. The zero-order valence-electron chi connectivity index (χ0n) is 18.5. The number of amides is 1. The summed E-state index contributed by atoms with van der Waals surface area (Å²) < 4.78 is 0. The highest BCUT2D eigenvalue weighted by molar-refractivity contribution is 5.87. The summed E-state index contributed by atoms with van der Waals surface area (Å²) in [6, 6.07) is 0. The molecule has 0 saturated carbocycles. The minimum atomic E-state index is -0.0270. The maximum Gasteiger partial charge on any atom is 0.230 e. The highest BCUT2D eigenvalue weighted by Crippen LogP contribution is 2.26. The predicted molar refractivity (Wildman–Crippen MR) is 116 cm³/mol. The second-order valence-corrected chi connectivity index (χ2v) is 7.73. The van der Waals surface area contributed by atoms with E-state index < -0.39 is 0 Å². The van der Waals surface area contributed by atoms with E-state index >= 15 is 0 Å². The van der Waals surface area contributed by atoms with Crippen molar-refractivity contribution >= 4 is 11.7 Å². The zero-order valence-corrected chi connectivity index (χ0v) is 18.5. The van der Waals surface area contributed by atoms with Crippen molar-refractivity contribution in [3.63, 3.8) is 0 Å². The van der Waals surface area contributed by atoms with Crippen LogP contribution in [0.5, 0.6) is 0 Å². The lowest BCUT2D eigenvalue weighted by Gasteiger charge is -2.30. The Kier molecular flexibility index (Phi) is 13.5. The molecule has 0 bridgehead atoms. The van der Waals surface area contributed by atoms with Crippen LogP contribution in [0.25, 0.3) is 0 Å². The minimum absolute atomic E-state index is 0.00920. The van der Waals surface area contributed by atoms with Crippen LogP contribution in [-0.4, -0.2) is 23.1 Å². The molecule has 3 heteroatoms. The van der Waals surface area contributed by atoms with Gasteiger partial charge in [0.2, 0.25) is 5.91 Å². The van der Waals surface area contributed by atoms with E-state index in [1.165, 1.54) is 0 Å². The van der Waals surface area contributed by atoms with Crippen LogP contribution in [0.4, 0.5) is 0 Å². The van der Waals surface area contributed by atoms with Gasteiger partial charge in [-0.05, 0) is 50.7 Å². The number of unbranched alkanes of at least 4 members (excludes halogenated alkanes) is 1. The Hall–Kier alpha value is -1.64. The third-order valence-electron chi connectivity index (χ3n) is 5.03. The Balaban J connectivity index is 5.96. The first-order valence-electron chi connectivity index (χ1n) is 10.6. The minimum Gasteiger partial charge on any atom is -0.305 e. The predicted octanol–water partition coefficient (Wildman–Crippen LogP) is 6.46. The average Bonchev–Trinajstić information content (AvgIpc) is 2.63. The SMILES string of the molecule is C=C/C=C\C(=C(\C)CCC)N(CC(C)=O)C(=O)[C@@H](CCCC)CC(C)CC. The molecule has 0 fully saturated rings. The second kappa shape index (κ2) is 14.4. The molecule has 0 spiro atoms. The highest BCUT2D eigenvalue weighted by atomic mass is 16.2. The van der Waals surface area contributed by atoms with E-state index in [0.717, 1.165) is 56.2 Å². The summed E-state index contributed by atoms with van der Waals surface area (Å²) in [6.45, 7) is 16.2. The molecule has 0 saturated heterocycles. The van der Waals surface area contributed by atoms with Crippen LogP contribution in [-0.2, 0) is 9.59 Å². The summed E-state index contributed by atoms with van der Waals surface area (Å²) in [6.07, 6.45) is 12.4. The number of Topliss-reactive ketones (excluding diaryl/α,β-unsaturated/α-hetero) is 1. The van der Waals surface area contributed by atoms with Gasteiger partial charge in [-0.2, -0.15) is 0 Å². The number of nitrogens with zero attached hydrogens (tertiary/aromatic N) is 1. The summed E-state index contributed by atoms with van der Waals surface area (Å²) in [7, 11) is 0. The summed E-state index contributed by atoms with van der Waals surface area (Å²) in [4.78, 5) is 27.2. The first-order valence-corrected chi connectivity index (χ1v) is 10.6. The number of allylic oxidation sites excluding steroid dienone is 4. The molecule has 0 rings (SSSR count). The number of carbonyl (C=O) groups excluding carboxylic acids is 2. The number of hydrogen-bond donors (Lipinski definition) is 0. The van der Waals surface area contributed by atoms with E-state index in [-0.39, 0.29) is 24.2 Å². The zero-order chi connectivity index (χ0) is 20.8. The van der Waals surface area contributed by atoms with E-state index in [9.17, 15) is 9.59 Å². The Labute approximate surface area is 167 Å². The lowest BCUT2D eigenvalue weighted by Crippen LogP contribution is -2.39. The lowest BCUT2D eigenvalue weighted by atomic mass is 9.88. The Bertz CT molecular complexity index is 530. The van der Waals surface area contributed by atoms with E-state index in [2.05, 4.69) is 41.2 Å². The van der Waals surface area contributed by atoms with Gasteiger partial charge in [0.1, 0.15) is 5.78 Å². The van der Waals surface area contributed by atoms with E-state index in [4.69, 9.17) is 0 Å². The van der Waals surface area contributed by atoms with Gasteiger partial charge in [0.05, 0.1) is 6.54 Å². The number of rotatable bonds is 14. The first-order chi connectivity index (χ1) is 12.8. The molecule has 2 atom stereocenters. The third kappa shape index (κ3) is 9.74. The summed E-state index contributed by atoms with van der Waals surface area (Å²) in [5.41, 5.74) is 2.01. The fourth-order valence-electron chi connectivity index (χ4n) is 3.29. The van der Waals surface area contributed by atoms with Crippen molar-refractivity contribution in [2.24, 2.45) is 11.8 Å². The van der Waals surface area contributed by atoms with Crippen molar-refractivity contribution in [1.29, 1.82) is 0 Å². The molecule has 27 heavy (non-hydrogen) atoms. The molecular formula is C24H41NO2. The molecule has 0 aromatic rings. The third-order valence-corrected chi connectivity index (χ3v) is 5.03. The molecule has 1 amide bonds. The van der Waals surface area contributed by atoms with Crippen molar-refractivity contribution in [2.75, 3.05) is 6.54 Å². The van der Waals surface area contributed by atoms with Crippen LogP contribution in [0, 0.1) is 11.8 Å². The molecule has 0 aromatic heterocycles. The molecule has 0 aliphatic rings. The molecule has 0 heterocycles. The Morgan fingerprint density at radius 2 is 1.78 bits per heavy atom. The number of carbonyl (C=O) groups is 2. The Morgan fingerprint density at radius 1 is 1.11 bits per heavy atom. The monoisotopic (exact) mass is 375 g/mol. The van der Waals surface area contributed by atoms with Gasteiger partial charge < -0.3 is 4.90 Å². The van der Waals surface area contributed by atoms with Crippen molar-refractivity contribution in [3.8, 4) is 0 Å². The van der Waals surface area contributed by atoms with Gasteiger partial charge in [-0.3, -0.25) is 9.59 Å². The van der Waals surface area contributed by atoms with Crippen molar-refractivity contribution in [2.45, 2.75) is 86.5 Å².